The Balaban J connectivity index is 0.00000225. The third-order valence-corrected chi connectivity index (χ3v) is 6.03. The third kappa shape index (κ3) is 4.68. The summed E-state index contributed by atoms with van der Waals surface area (Å²) >= 11 is 0. The van der Waals surface area contributed by atoms with Gasteiger partial charge in [0.1, 0.15) is 5.75 Å². The third-order valence-electron chi connectivity index (χ3n) is 6.03. The van der Waals surface area contributed by atoms with Gasteiger partial charge in [-0.15, -0.1) is 12.4 Å². The number of nitrogens with two attached hydrogens (primary N) is 1. The minimum Gasteiger partial charge on any atom is -0.483 e. The maximum atomic E-state index is 12.6. The molecule has 28 heavy (non-hydrogen) atoms. The van der Waals surface area contributed by atoms with Crippen molar-refractivity contribution in [1.82, 2.24) is 5.32 Å². The molecule has 1 amide bonds. The molecule has 4 nitrogen and oxygen atoms in total. The van der Waals surface area contributed by atoms with E-state index in [1.54, 1.807) is 0 Å². The number of nitrogens with one attached hydrogen (secondary N) is 1. The van der Waals surface area contributed by atoms with Crippen molar-refractivity contribution < 1.29 is 9.53 Å². The first-order chi connectivity index (χ1) is 13.2. The lowest BCUT2D eigenvalue weighted by Crippen LogP contribution is -2.54. The molecule has 3 N–H and O–H groups in total. The summed E-state index contributed by atoms with van der Waals surface area (Å²) in [6.45, 7) is 0.0475. The molecule has 0 heterocycles. The number of halogens is 1. The lowest BCUT2D eigenvalue weighted by atomic mass is 9.67. The number of hydrogen-bond donors (Lipinski definition) is 2. The van der Waals surface area contributed by atoms with E-state index in [0.717, 1.165) is 29.7 Å². The smallest absolute Gasteiger partial charge is 0.258 e. The van der Waals surface area contributed by atoms with Crippen molar-refractivity contribution in [2.24, 2.45) is 17.6 Å². The fourth-order valence-corrected chi connectivity index (χ4v) is 4.84. The molecule has 2 aliphatic carbocycles. The zero-order valence-corrected chi connectivity index (χ0v) is 16.9. The largest absolute Gasteiger partial charge is 0.483 e. The number of carbonyl (C=O) groups excluding carboxylic acids is 1. The maximum Gasteiger partial charge on any atom is 0.258 e. The van der Waals surface area contributed by atoms with Gasteiger partial charge in [-0.25, -0.2) is 0 Å². The van der Waals surface area contributed by atoms with E-state index in [1.165, 1.54) is 19.3 Å². The van der Waals surface area contributed by atoms with Crippen LogP contribution in [0.15, 0.2) is 54.6 Å². The van der Waals surface area contributed by atoms with Gasteiger partial charge in [0.05, 0.1) is 0 Å². The molecule has 2 bridgehead atoms. The Morgan fingerprint density at radius 1 is 1.00 bits per heavy atom. The number of fused-ring (bicyclic) bond motifs is 2. The fraction of sp³-hybridized carbons (Fsp3) is 0.435. The van der Waals surface area contributed by atoms with Gasteiger partial charge in [0, 0.05) is 17.6 Å². The molecule has 0 spiro atoms. The fourth-order valence-electron chi connectivity index (χ4n) is 4.84. The summed E-state index contributed by atoms with van der Waals surface area (Å²) in [5.41, 5.74) is 8.28. The summed E-state index contributed by atoms with van der Waals surface area (Å²) in [5.74, 6) is 1.75. The standard InChI is InChI=1S/C23H28N2O2.ClH/c24-19-13-17-9-6-10-18(14-19)23(17)25-22(26)15-27-21-12-5-4-11-20(21)16-7-2-1-3-8-16;/h1-5,7-8,11-12,17-19,23H,6,9-10,13-15,24H2,(H,25,26);1H. The molecule has 0 aromatic heterocycles. The molecule has 2 aliphatic rings. The highest BCUT2D eigenvalue weighted by Gasteiger charge is 2.39. The van der Waals surface area contributed by atoms with Gasteiger partial charge in [-0.3, -0.25) is 4.79 Å². The molecule has 2 aromatic rings. The Kier molecular flexibility index (Phi) is 6.97. The molecule has 4 rings (SSSR count). The molecule has 0 aliphatic heterocycles. The van der Waals surface area contributed by atoms with Crippen LogP contribution < -0.4 is 15.8 Å². The van der Waals surface area contributed by atoms with Crippen molar-refractivity contribution in [3.8, 4) is 16.9 Å². The van der Waals surface area contributed by atoms with Gasteiger partial charge < -0.3 is 15.8 Å². The molecule has 2 aromatic carbocycles. The molecular formula is C23H29ClN2O2. The topological polar surface area (TPSA) is 64.3 Å². The van der Waals surface area contributed by atoms with E-state index in [-0.39, 0.29) is 31.0 Å². The van der Waals surface area contributed by atoms with Crippen LogP contribution in [0.5, 0.6) is 5.75 Å². The van der Waals surface area contributed by atoms with Crippen molar-refractivity contribution in [1.29, 1.82) is 0 Å². The van der Waals surface area contributed by atoms with Crippen LogP contribution in [0.25, 0.3) is 11.1 Å². The normalized spacial score (nSPS) is 26.0. The maximum absolute atomic E-state index is 12.6. The van der Waals surface area contributed by atoms with Crippen molar-refractivity contribution in [2.75, 3.05) is 6.61 Å². The predicted molar refractivity (Wildman–Crippen MR) is 115 cm³/mol. The van der Waals surface area contributed by atoms with Gasteiger partial charge in [-0.05, 0) is 49.1 Å². The number of amides is 1. The summed E-state index contributed by atoms with van der Waals surface area (Å²) < 4.78 is 5.90. The quantitative estimate of drug-likeness (QED) is 0.791. The Morgan fingerprint density at radius 3 is 2.36 bits per heavy atom. The van der Waals surface area contributed by atoms with E-state index in [1.807, 2.05) is 42.5 Å². The van der Waals surface area contributed by atoms with Crippen LogP contribution in [0.3, 0.4) is 0 Å². The number of para-hydroxylation sites is 1. The molecule has 2 fully saturated rings. The number of benzene rings is 2. The van der Waals surface area contributed by atoms with Crippen LogP contribution in [-0.4, -0.2) is 24.6 Å². The number of ether oxygens (including phenoxy) is 1. The Morgan fingerprint density at radius 2 is 1.64 bits per heavy atom. The molecule has 2 atom stereocenters. The minimum atomic E-state index is -0.0322. The Labute approximate surface area is 173 Å². The summed E-state index contributed by atoms with van der Waals surface area (Å²) in [4.78, 5) is 12.6. The Hall–Kier alpha value is -2.04. The Bertz CT molecular complexity index is 769. The van der Waals surface area contributed by atoms with Gasteiger partial charge in [0.15, 0.2) is 6.61 Å². The molecule has 150 valence electrons. The first kappa shape index (κ1) is 20.7. The minimum absolute atomic E-state index is 0. The first-order valence-electron chi connectivity index (χ1n) is 10.0. The van der Waals surface area contributed by atoms with E-state index < -0.39 is 0 Å². The SMILES string of the molecule is Cl.NC1CC2CCCC(C1)C2NC(=O)COc1ccccc1-c1ccccc1. The lowest BCUT2D eigenvalue weighted by Gasteiger charge is -2.45. The van der Waals surface area contributed by atoms with Gasteiger partial charge in [-0.2, -0.15) is 0 Å². The van der Waals surface area contributed by atoms with Crippen LogP contribution >= 0.6 is 12.4 Å². The molecule has 0 radical (unpaired) electrons. The zero-order valence-electron chi connectivity index (χ0n) is 16.1. The van der Waals surface area contributed by atoms with Gasteiger partial charge >= 0.3 is 0 Å². The average molecular weight is 401 g/mol. The molecule has 5 heteroatoms. The predicted octanol–water partition coefficient (Wildman–Crippen LogP) is 4.18. The van der Waals surface area contributed by atoms with Crippen molar-refractivity contribution in [3.05, 3.63) is 54.6 Å². The van der Waals surface area contributed by atoms with E-state index in [4.69, 9.17) is 10.5 Å². The van der Waals surface area contributed by atoms with Gasteiger partial charge in [0.25, 0.3) is 5.91 Å². The highest BCUT2D eigenvalue weighted by Crippen LogP contribution is 2.39. The average Bonchev–Trinajstić information content (AvgIpc) is 2.68. The number of carbonyl (C=O) groups is 1. The van der Waals surface area contributed by atoms with E-state index in [2.05, 4.69) is 17.4 Å². The van der Waals surface area contributed by atoms with Crippen LogP contribution in [0.2, 0.25) is 0 Å². The summed E-state index contributed by atoms with van der Waals surface area (Å²) in [6, 6.07) is 18.5. The van der Waals surface area contributed by atoms with E-state index in [0.29, 0.717) is 17.9 Å². The summed E-state index contributed by atoms with van der Waals surface area (Å²) in [7, 11) is 0. The van der Waals surface area contributed by atoms with Gasteiger partial charge in [0.2, 0.25) is 0 Å². The highest BCUT2D eigenvalue weighted by molar-refractivity contribution is 5.85. The lowest BCUT2D eigenvalue weighted by molar-refractivity contribution is -0.125. The monoisotopic (exact) mass is 400 g/mol. The second-order valence-electron chi connectivity index (χ2n) is 7.93. The summed E-state index contributed by atoms with van der Waals surface area (Å²) in [5, 5.41) is 3.25. The molecular weight excluding hydrogens is 372 g/mol. The zero-order chi connectivity index (χ0) is 18.6. The van der Waals surface area contributed by atoms with E-state index in [9.17, 15) is 4.79 Å². The first-order valence-corrected chi connectivity index (χ1v) is 10.0. The van der Waals surface area contributed by atoms with Crippen LogP contribution in [0.1, 0.15) is 32.1 Å². The van der Waals surface area contributed by atoms with E-state index >= 15 is 0 Å². The molecule has 2 unspecified atom stereocenters. The van der Waals surface area contributed by atoms with Crippen molar-refractivity contribution >= 4 is 18.3 Å². The molecule has 0 saturated heterocycles. The van der Waals surface area contributed by atoms with Crippen LogP contribution in [-0.2, 0) is 4.79 Å². The van der Waals surface area contributed by atoms with Gasteiger partial charge in [-0.1, -0.05) is 55.0 Å². The van der Waals surface area contributed by atoms with Crippen LogP contribution in [0, 0.1) is 11.8 Å². The summed E-state index contributed by atoms with van der Waals surface area (Å²) in [6.07, 6.45) is 5.66. The van der Waals surface area contributed by atoms with Crippen LogP contribution in [0.4, 0.5) is 0 Å². The van der Waals surface area contributed by atoms with Crippen molar-refractivity contribution in [3.63, 3.8) is 0 Å². The molecule has 2 saturated carbocycles. The highest BCUT2D eigenvalue weighted by atomic mass is 35.5. The second-order valence-corrected chi connectivity index (χ2v) is 7.93. The second kappa shape index (κ2) is 9.44. The number of hydrogen-bond acceptors (Lipinski definition) is 3. The number of rotatable bonds is 5. The van der Waals surface area contributed by atoms with Crippen molar-refractivity contribution in [2.45, 2.75) is 44.2 Å².